The molecule has 5 rings (SSSR count). The number of aromatic nitrogens is 4. The van der Waals surface area contributed by atoms with E-state index in [9.17, 15) is 4.79 Å². The summed E-state index contributed by atoms with van der Waals surface area (Å²) in [5.41, 5.74) is 3.35. The summed E-state index contributed by atoms with van der Waals surface area (Å²) in [4.78, 5) is 28.6. The summed E-state index contributed by atoms with van der Waals surface area (Å²) < 4.78 is 7.48. The quantitative estimate of drug-likeness (QED) is 0.527. The molecule has 9 heteroatoms. The molecule has 0 radical (unpaired) electrons. The van der Waals surface area contributed by atoms with E-state index in [4.69, 9.17) is 4.42 Å². The van der Waals surface area contributed by atoms with E-state index in [2.05, 4.69) is 25.2 Å². The summed E-state index contributed by atoms with van der Waals surface area (Å²) in [6.45, 7) is 7.59. The van der Waals surface area contributed by atoms with Crippen molar-refractivity contribution in [2.75, 3.05) is 31.1 Å². The molecule has 1 fully saturated rings. The standard InChI is InChI=1S/C21H22N6O2.ClH/c1-13-11-27-12-17(24-19(27)14(2)23-13)16-10-15-4-5-18(25-20(15)29-21(16)28)26-8-3-6-22-7-9-26;/h4-5,10-12,22H,3,6-9H2,1-2H3;1H. The first-order valence-corrected chi connectivity index (χ1v) is 9.82. The molecule has 0 unspecified atom stereocenters. The van der Waals surface area contributed by atoms with Crippen molar-refractivity contribution in [1.29, 1.82) is 0 Å². The lowest BCUT2D eigenvalue weighted by molar-refractivity contribution is 0.551. The molecular formula is C21H23ClN6O2. The lowest BCUT2D eigenvalue weighted by Crippen LogP contribution is -2.28. The predicted octanol–water partition coefficient (Wildman–Crippen LogP) is 2.74. The third-order valence-electron chi connectivity index (χ3n) is 5.25. The number of hydrogen-bond acceptors (Lipinski definition) is 7. The van der Waals surface area contributed by atoms with Crippen LogP contribution in [-0.4, -0.2) is 45.5 Å². The molecule has 0 amide bonds. The largest absolute Gasteiger partial charge is 0.403 e. The zero-order valence-electron chi connectivity index (χ0n) is 16.9. The minimum atomic E-state index is -0.439. The lowest BCUT2D eigenvalue weighted by Gasteiger charge is -2.20. The van der Waals surface area contributed by atoms with Crippen molar-refractivity contribution < 1.29 is 4.42 Å². The molecule has 0 atom stereocenters. The van der Waals surface area contributed by atoms with E-state index < -0.39 is 5.63 Å². The fraction of sp³-hybridized carbons (Fsp3) is 0.333. The molecule has 8 nitrogen and oxygen atoms in total. The molecule has 1 aliphatic rings. The van der Waals surface area contributed by atoms with Crippen molar-refractivity contribution >= 4 is 35.0 Å². The highest BCUT2D eigenvalue weighted by Crippen LogP contribution is 2.23. The second-order valence-electron chi connectivity index (χ2n) is 7.43. The Balaban J connectivity index is 0.00000218. The van der Waals surface area contributed by atoms with Crippen LogP contribution in [0.3, 0.4) is 0 Å². The maximum absolute atomic E-state index is 12.7. The third-order valence-corrected chi connectivity index (χ3v) is 5.25. The van der Waals surface area contributed by atoms with Gasteiger partial charge in [0.2, 0.25) is 5.71 Å². The normalized spacial score (nSPS) is 14.7. The maximum atomic E-state index is 12.7. The van der Waals surface area contributed by atoms with Crippen molar-refractivity contribution in [2.24, 2.45) is 0 Å². The monoisotopic (exact) mass is 426 g/mol. The van der Waals surface area contributed by atoms with Gasteiger partial charge >= 0.3 is 5.63 Å². The van der Waals surface area contributed by atoms with Gasteiger partial charge in [0.15, 0.2) is 5.65 Å². The number of nitrogens with zero attached hydrogens (tertiary/aromatic N) is 5. The first-order valence-electron chi connectivity index (χ1n) is 9.82. The first kappa shape index (κ1) is 20.3. The lowest BCUT2D eigenvalue weighted by atomic mass is 10.2. The average Bonchev–Trinajstić information content (AvgIpc) is 2.93. The van der Waals surface area contributed by atoms with Crippen LogP contribution in [0.15, 0.2) is 39.8 Å². The van der Waals surface area contributed by atoms with Crippen LogP contribution >= 0.6 is 12.4 Å². The van der Waals surface area contributed by atoms with Crippen molar-refractivity contribution in [3.05, 3.63) is 52.4 Å². The van der Waals surface area contributed by atoms with Crippen LogP contribution in [0.5, 0.6) is 0 Å². The summed E-state index contributed by atoms with van der Waals surface area (Å²) >= 11 is 0. The second kappa shape index (κ2) is 8.04. The number of imidazole rings is 1. The number of hydrogen-bond donors (Lipinski definition) is 1. The van der Waals surface area contributed by atoms with Crippen molar-refractivity contribution in [1.82, 2.24) is 24.7 Å². The van der Waals surface area contributed by atoms with Gasteiger partial charge in [-0.15, -0.1) is 12.4 Å². The molecule has 30 heavy (non-hydrogen) atoms. The number of aryl methyl sites for hydroxylation is 2. The van der Waals surface area contributed by atoms with Gasteiger partial charge in [-0.2, -0.15) is 4.98 Å². The zero-order chi connectivity index (χ0) is 20.0. The molecular weight excluding hydrogens is 404 g/mol. The highest BCUT2D eigenvalue weighted by molar-refractivity contribution is 5.85. The van der Waals surface area contributed by atoms with Crippen LogP contribution in [0.25, 0.3) is 28.0 Å². The number of anilines is 1. The van der Waals surface area contributed by atoms with Crippen LogP contribution in [0.2, 0.25) is 0 Å². The zero-order valence-corrected chi connectivity index (χ0v) is 17.7. The summed E-state index contributed by atoms with van der Waals surface area (Å²) in [6.07, 6.45) is 4.79. The molecule has 4 aromatic heterocycles. The molecule has 1 N–H and O–H groups in total. The number of rotatable bonds is 2. The summed E-state index contributed by atoms with van der Waals surface area (Å²) in [5, 5.41) is 4.16. The molecule has 5 heterocycles. The van der Waals surface area contributed by atoms with Crippen LogP contribution in [0, 0.1) is 13.8 Å². The smallest absolute Gasteiger partial charge is 0.347 e. The Morgan fingerprint density at radius 2 is 1.93 bits per heavy atom. The summed E-state index contributed by atoms with van der Waals surface area (Å²) in [5.74, 6) is 0.835. The molecule has 0 aromatic carbocycles. The van der Waals surface area contributed by atoms with Gasteiger partial charge in [-0.3, -0.25) is 4.98 Å². The Hall–Kier alpha value is -2.97. The Morgan fingerprint density at radius 3 is 2.80 bits per heavy atom. The van der Waals surface area contributed by atoms with Gasteiger partial charge < -0.3 is 19.0 Å². The molecule has 0 bridgehead atoms. The second-order valence-corrected chi connectivity index (χ2v) is 7.43. The predicted molar refractivity (Wildman–Crippen MR) is 119 cm³/mol. The van der Waals surface area contributed by atoms with Gasteiger partial charge in [0.1, 0.15) is 5.82 Å². The first-order chi connectivity index (χ1) is 14.1. The van der Waals surface area contributed by atoms with E-state index in [1.165, 1.54) is 0 Å². The van der Waals surface area contributed by atoms with Crippen molar-refractivity contribution in [3.63, 3.8) is 0 Å². The van der Waals surface area contributed by atoms with E-state index in [-0.39, 0.29) is 12.4 Å². The molecule has 1 saturated heterocycles. The molecule has 0 spiro atoms. The van der Waals surface area contributed by atoms with Gasteiger partial charge in [0.25, 0.3) is 0 Å². The number of pyridine rings is 1. The van der Waals surface area contributed by atoms with Gasteiger partial charge in [-0.1, -0.05) is 0 Å². The SMILES string of the molecule is Cc1cn2cc(-c3cc4ccc(N5CCCNCC5)nc4oc3=O)nc2c(C)n1.Cl. The molecule has 0 aliphatic carbocycles. The van der Waals surface area contributed by atoms with Gasteiger partial charge in [-0.25, -0.2) is 9.78 Å². The fourth-order valence-corrected chi connectivity index (χ4v) is 3.85. The van der Waals surface area contributed by atoms with Crippen molar-refractivity contribution in [2.45, 2.75) is 20.3 Å². The van der Waals surface area contributed by atoms with Crippen LogP contribution in [-0.2, 0) is 0 Å². The van der Waals surface area contributed by atoms with E-state index >= 15 is 0 Å². The third kappa shape index (κ3) is 3.64. The van der Waals surface area contributed by atoms with Gasteiger partial charge in [0.05, 0.1) is 22.6 Å². The Kier molecular flexibility index (Phi) is 5.44. The number of fused-ring (bicyclic) bond motifs is 2. The minimum Gasteiger partial charge on any atom is -0.403 e. The van der Waals surface area contributed by atoms with Gasteiger partial charge in [-0.05, 0) is 45.0 Å². The molecule has 1 aliphatic heterocycles. The van der Waals surface area contributed by atoms with E-state index in [0.29, 0.717) is 17.0 Å². The van der Waals surface area contributed by atoms with Gasteiger partial charge in [0, 0.05) is 37.4 Å². The van der Waals surface area contributed by atoms with E-state index in [0.717, 1.165) is 60.8 Å². The summed E-state index contributed by atoms with van der Waals surface area (Å²) in [7, 11) is 0. The van der Waals surface area contributed by atoms with Crippen LogP contribution in [0.1, 0.15) is 17.8 Å². The number of halogens is 1. The fourth-order valence-electron chi connectivity index (χ4n) is 3.85. The highest BCUT2D eigenvalue weighted by Gasteiger charge is 2.16. The average molecular weight is 427 g/mol. The van der Waals surface area contributed by atoms with E-state index in [1.54, 1.807) is 6.07 Å². The van der Waals surface area contributed by atoms with Crippen molar-refractivity contribution in [3.8, 4) is 11.3 Å². The molecule has 4 aromatic rings. The number of nitrogens with one attached hydrogen (secondary N) is 1. The van der Waals surface area contributed by atoms with Crippen LogP contribution in [0.4, 0.5) is 5.82 Å². The molecule has 156 valence electrons. The molecule has 0 saturated carbocycles. The summed E-state index contributed by atoms with van der Waals surface area (Å²) in [6, 6.07) is 5.74. The maximum Gasteiger partial charge on any atom is 0.347 e. The Bertz CT molecular complexity index is 1270. The Labute approximate surface area is 179 Å². The Morgan fingerprint density at radius 1 is 1.07 bits per heavy atom. The highest BCUT2D eigenvalue weighted by atomic mass is 35.5. The van der Waals surface area contributed by atoms with E-state index in [1.807, 2.05) is 42.8 Å². The minimum absolute atomic E-state index is 0. The topological polar surface area (TPSA) is 88.6 Å². The van der Waals surface area contributed by atoms with Crippen LogP contribution < -0.4 is 15.8 Å².